The second-order valence-corrected chi connectivity index (χ2v) is 10.6. The molecule has 7 nitrogen and oxygen atoms in total. The quantitative estimate of drug-likeness (QED) is 0.388. The minimum atomic E-state index is -2.17. The molecule has 2 unspecified atom stereocenters. The molecule has 0 radical (unpaired) electrons. The predicted octanol–water partition coefficient (Wildman–Crippen LogP) is 1.28. The number of hydrogen-bond acceptors (Lipinski definition) is 7. The van der Waals surface area contributed by atoms with Crippen molar-refractivity contribution in [2.45, 2.75) is 77.3 Å². The van der Waals surface area contributed by atoms with Crippen molar-refractivity contribution in [2.75, 3.05) is 6.61 Å². The molecule has 4 N–H and O–H groups in total. The van der Waals surface area contributed by atoms with Crippen LogP contribution in [0.3, 0.4) is 0 Å². The number of Topliss-reactive ketones (excluding diaryl/α,β-unsaturated/α-hetero) is 1. The summed E-state index contributed by atoms with van der Waals surface area (Å²) in [7, 11) is 0. The molecule has 0 saturated heterocycles. The largest absolute Gasteiger partial charge is 0.455 e. The number of rotatable bonds is 4. The minimum Gasteiger partial charge on any atom is -0.455 e. The Morgan fingerprint density at radius 1 is 1.29 bits per heavy atom. The van der Waals surface area contributed by atoms with Crippen LogP contribution in [-0.4, -0.2) is 62.2 Å². The molecule has 172 valence electrons. The lowest BCUT2D eigenvalue weighted by atomic mass is 9.59. The number of ether oxygens (including phenoxy) is 1. The molecule has 0 aromatic heterocycles. The summed E-state index contributed by atoms with van der Waals surface area (Å²) >= 11 is 0. The maximum atomic E-state index is 14.1. The van der Waals surface area contributed by atoms with Crippen LogP contribution in [0.4, 0.5) is 0 Å². The molecule has 2 fully saturated rings. The number of fused-ring (bicyclic) bond motifs is 3. The molecule has 0 aromatic carbocycles. The summed E-state index contributed by atoms with van der Waals surface area (Å²) in [5.41, 5.74) is -4.73. The van der Waals surface area contributed by atoms with Crippen LogP contribution in [-0.2, 0) is 14.3 Å². The number of allylic oxidation sites excluding steroid dienone is 1. The number of carbonyl (C=O) groups excluding carboxylic acids is 2. The van der Waals surface area contributed by atoms with Crippen LogP contribution in [0.15, 0.2) is 23.3 Å². The van der Waals surface area contributed by atoms with Gasteiger partial charge in [0.1, 0.15) is 6.10 Å². The molecule has 4 aliphatic rings. The lowest BCUT2D eigenvalue weighted by Gasteiger charge is -2.49. The van der Waals surface area contributed by atoms with E-state index < -0.39 is 58.7 Å². The highest BCUT2D eigenvalue weighted by atomic mass is 16.6. The van der Waals surface area contributed by atoms with E-state index in [4.69, 9.17) is 4.74 Å². The highest BCUT2D eigenvalue weighted by Gasteiger charge is 2.81. The molecule has 0 aliphatic heterocycles. The molecule has 8 atom stereocenters. The highest BCUT2D eigenvalue weighted by Crippen LogP contribution is 2.73. The fourth-order valence-electron chi connectivity index (χ4n) is 7.09. The topological polar surface area (TPSA) is 124 Å². The van der Waals surface area contributed by atoms with Crippen LogP contribution in [0, 0.1) is 28.6 Å². The maximum absolute atomic E-state index is 14.1. The molecule has 4 rings (SSSR count). The third kappa shape index (κ3) is 2.49. The van der Waals surface area contributed by atoms with Crippen LogP contribution in [0.2, 0.25) is 0 Å². The van der Waals surface area contributed by atoms with Gasteiger partial charge < -0.3 is 25.2 Å². The van der Waals surface area contributed by atoms with Gasteiger partial charge in [0.05, 0.1) is 17.6 Å². The van der Waals surface area contributed by atoms with Crippen LogP contribution >= 0.6 is 0 Å². The summed E-state index contributed by atoms with van der Waals surface area (Å²) < 4.78 is 5.64. The van der Waals surface area contributed by atoms with Gasteiger partial charge in [-0.2, -0.15) is 0 Å². The van der Waals surface area contributed by atoms with Crippen LogP contribution in [0.25, 0.3) is 0 Å². The molecule has 2 bridgehead atoms. The van der Waals surface area contributed by atoms with Crippen molar-refractivity contribution in [1.82, 2.24) is 0 Å². The lowest BCUT2D eigenvalue weighted by Crippen LogP contribution is -2.66. The Labute approximate surface area is 182 Å². The first-order chi connectivity index (χ1) is 14.3. The smallest absolute Gasteiger partial charge is 0.306 e. The normalized spacial score (nSPS) is 47.4. The Morgan fingerprint density at radius 3 is 2.52 bits per heavy atom. The maximum Gasteiger partial charge on any atom is 0.306 e. The number of hydrogen-bond donors (Lipinski definition) is 4. The summed E-state index contributed by atoms with van der Waals surface area (Å²) in [6.07, 6.45) is 1.33. The average molecular weight is 435 g/mol. The molecule has 4 aliphatic carbocycles. The minimum absolute atomic E-state index is 0.113. The standard InChI is InChI=1S/C24H34O7/c1-6-7-16(26)31-20-12(2)9-22-13(3)10-23(29)17(21(23,4)5)15(19(22)28)8-14(11-25)18(27)24(20,22)30/h8-9,13,15,17-18,20,25,27,29-30H,6-7,10-11H2,1-5H3/t13?,15-,17+,18+,20-,22?,23-,24-/m0/s1. The van der Waals surface area contributed by atoms with Crippen molar-refractivity contribution in [3.63, 3.8) is 0 Å². The first kappa shape index (κ1) is 22.6. The Morgan fingerprint density at radius 2 is 1.94 bits per heavy atom. The van der Waals surface area contributed by atoms with E-state index in [0.717, 1.165) is 0 Å². The second-order valence-electron chi connectivity index (χ2n) is 10.6. The van der Waals surface area contributed by atoms with E-state index >= 15 is 0 Å². The molecular formula is C24H34O7. The summed E-state index contributed by atoms with van der Waals surface area (Å²) in [5.74, 6) is -2.52. The van der Waals surface area contributed by atoms with E-state index in [1.165, 1.54) is 6.08 Å². The number of esters is 1. The number of aliphatic hydroxyl groups is 4. The van der Waals surface area contributed by atoms with Crippen molar-refractivity contribution in [3.05, 3.63) is 23.3 Å². The zero-order valence-electron chi connectivity index (χ0n) is 18.9. The van der Waals surface area contributed by atoms with Gasteiger partial charge in [-0.1, -0.05) is 39.8 Å². The summed E-state index contributed by atoms with van der Waals surface area (Å²) in [5, 5.41) is 45.0. The Balaban J connectivity index is 1.93. The van der Waals surface area contributed by atoms with Gasteiger partial charge in [0.15, 0.2) is 17.5 Å². The van der Waals surface area contributed by atoms with E-state index in [9.17, 15) is 30.0 Å². The molecule has 2 saturated carbocycles. The van der Waals surface area contributed by atoms with Gasteiger partial charge in [-0.15, -0.1) is 0 Å². The van der Waals surface area contributed by atoms with Crippen molar-refractivity contribution in [2.24, 2.45) is 28.6 Å². The van der Waals surface area contributed by atoms with E-state index in [-0.39, 0.29) is 30.1 Å². The second kappa shape index (κ2) is 6.73. The predicted molar refractivity (Wildman–Crippen MR) is 112 cm³/mol. The zero-order valence-corrected chi connectivity index (χ0v) is 18.9. The van der Waals surface area contributed by atoms with E-state index in [2.05, 4.69) is 0 Å². The Hall–Kier alpha value is -1.54. The van der Waals surface area contributed by atoms with Gasteiger partial charge in [0.25, 0.3) is 0 Å². The summed E-state index contributed by atoms with van der Waals surface area (Å²) in [6, 6.07) is 0. The van der Waals surface area contributed by atoms with Crippen molar-refractivity contribution in [1.29, 1.82) is 0 Å². The Bertz CT molecular complexity index is 888. The third-order valence-corrected chi connectivity index (χ3v) is 8.77. The third-order valence-electron chi connectivity index (χ3n) is 8.77. The van der Waals surface area contributed by atoms with Crippen molar-refractivity contribution >= 4 is 11.8 Å². The van der Waals surface area contributed by atoms with Gasteiger partial charge >= 0.3 is 5.97 Å². The monoisotopic (exact) mass is 434 g/mol. The summed E-state index contributed by atoms with van der Waals surface area (Å²) in [4.78, 5) is 26.5. The van der Waals surface area contributed by atoms with Crippen LogP contribution < -0.4 is 0 Å². The fourth-order valence-corrected chi connectivity index (χ4v) is 7.09. The van der Waals surface area contributed by atoms with Crippen molar-refractivity contribution in [3.8, 4) is 0 Å². The SMILES string of the molecule is CCCC(=O)O[C@H]1C(C)=CC23C(=O)[C@@H](C=C(CO)[C@@H](O)[C@]12O)[C@@H]1C(C)(C)[C@]1(O)CC3C. The first-order valence-corrected chi connectivity index (χ1v) is 11.2. The van der Waals surface area contributed by atoms with E-state index in [1.54, 1.807) is 19.9 Å². The fraction of sp³-hybridized carbons (Fsp3) is 0.750. The number of carbonyl (C=O) groups is 2. The van der Waals surface area contributed by atoms with Crippen LogP contribution in [0.1, 0.15) is 53.9 Å². The van der Waals surface area contributed by atoms with Gasteiger partial charge in [0.2, 0.25) is 0 Å². The first-order valence-electron chi connectivity index (χ1n) is 11.2. The molecule has 7 heteroatoms. The van der Waals surface area contributed by atoms with Gasteiger partial charge in [0, 0.05) is 23.7 Å². The number of aliphatic hydroxyl groups excluding tert-OH is 2. The van der Waals surface area contributed by atoms with Crippen LogP contribution in [0.5, 0.6) is 0 Å². The molecule has 0 aromatic rings. The molecule has 0 heterocycles. The van der Waals surface area contributed by atoms with Gasteiger partial charge in [-0.05, 0) is 36.8 Å². The molecular weight excluding hydrogens is 400 g/mol. The average Bonchev–Trinajstić information content (AvgIpc) is 3.05. The molecule has 0 amide bonds. The molecule has 1 spiro atoms. The van der Waals surface area contributed by atoms with E-state index in [0.29, 0.717) is 12.0 Å². The highest BCUT2D eigenvalue weighted by molar-refractivity contribution is 5.95. The zero-order chi connectivity index (χ0) is 23.1. The number of ketones is 1. The summed E-state index contributed by atoms with van der Waals surface area (Å²) in [6.45, 7) is 8.59. The van der Waals surface area contributed by atoms with Crippen molar-refractivity contribution < 1.29 is 34.8 Å². The molecule has 31 heavy (non-hydrogen) atoms. The van der Waals surface area contributed by atoms with E-state index in [1.807, 2.05) is 20.8 Å². The Kier molecular flexibility index (Phi) is 4.92. The lowest BCUT2D eigenvalue weighted by molar-refractivity contribution is -0.204. The van der Waals surface area contributed by atoms with Gasteiger partial charge in [-0.25, -0.2) is 0 Å². The van der Waals surface area contributed by atoms with Gasteiger partial charge in [-0.3, -0.25) is 9.59 Å².